The molecule has 1 atom stereocenters. The summed E-state index contributed by atoms with van der Waals surface area (Å²) in [5.41, 5.74) is 0. The van der Waals surface area contributed by atoms with E-state index < -0.39 is 0 Å². The summed E-state index contributed by atoms with van der Waals surface area (Å²) in [7, 11) is 0. The SMILES string of the molecule is C#[N+]C1C#CC1. The monoisotopic (exact) mass is 78.0 g/mol. The van der Waals surface area contributed by atoms with Gasteiger partial charge in [-0.3, -0.25) is 0 Å². The molecule has 0 aromatic heterocycles. The molecular formula is C5H4N+. The van der Waals surface area contributed by atoms with Gasteiger partial charge in [-0.15, -0.1) is 0 Å². The highest BCUT2D eigenvalue weighted by Crippen LogP contribution is 2.01. The smallest absolute Gasteiger partial charge is 0.0857 e. The van der Waals surface area contributed by atoms with E-state index in [2.05, 4.69) is 16.7 Å². The minimum Gasteiger partial charge on any atom is -0.0857 e. The van der Waals surface area contributed by atoms with Crippen LogP contribution in [0.15, 0.2) is 0 Å². The first-order valence-corrected chi connectivity index (χ1v) is 1.82. The number of nitrogens with zero attached hydrogens (tertiary/aromatic N) is 1. The van der Waals surface area contributed by atoms with E-state index >= 15 is 0 Å². The van der Waals surface area contributed by atoms with E-state index in [-0.39, 0.29) is 6.04 Å². The van der Waals surface area contributed by atoms with Crippen molar-refractivity contribution in [3.8, 4) is 18.4 Å². The van der Waals surface area contributed by atoms with E-state index in [0.29, 0.717) is 0 Å². The highest BCUT2D eigenvalue weighted by molar-refractivity contribution is 5.25. The lowest BCUT2D eigenvalue weighted by molar-refractivity contribution is 0.967. The second kappa shape index (κ2) is 1.03. The second-order valence-corrected chi connectivity index (χ2v) is 1.19. The zero-order valence-corrected chi connectivity index (χ0v) is 3.31. The Balaban J connectivity index is 2.55. The molecule has 0 spiro atoms. The summed E-state index contributed by atoms with van der Waals surface area (Å²) >= 11 is 0. The molecule has 1 aliphatic rings. The molecule has 0 amide bonds. The van der Waals surface area contributed by atoms with E-state index in [4.69, 9.17) is 6.57 Å². The van der Waals surface area contributed by atoms with Gasteiger partial charge in [0.25, 0.3) is 6.57 Å². The highest BCUT2D eigenvalue weighted by atomic mass is 14.7. The van der Waals surface area contributed by atoms with Crippen molar-refractivity contribution in [2.45, 2.75) is 12.5 Å². The van der Waals surface area contributed by atoms with Gasteiger partial charge < -0.3 is 0 Å². The predicted molar refractivity (Wildman–Crippen MR) is 24.5 cm³/mol. The third kappa shape index (κ3) is 0.258. The first-order valence-electron chi connectivity index (χ1n) is 1.82. The quantitative estimate of drug-likeness (QED) is 0.376. The van der Waals surface area contributed by atoms with Crippen LogP contribution in [0.3, 0.4) is 0 Å². The molecule has 0 radical (unpaired) electrons. The molecule has 0 fully saturated rings. The second-order valence-electron chi connectivity index (χ2n) is 1.19. The first kappa shape index (κ1) is 3.25. The lowest BCUT2D eigenvalue weighted by Crippen LogP contribution is -2.02. The van der Waals surface area contributed by atoms with Gasteiger partial charge in [-0.25, -0.2) is 0 Å². The molecule has 0 heterocycles. The van der Waals surface area contributed by atoms with Crippen LogP contribution in [-0.4, -0.2) is 6.04 Å². The van der Waals surface area contributed by atoms with Gasteiger partial charge in [-0.2, -0.15) is 0 Å². The molecule has 0 bridgehead atoms. The first-order chi connectivity index (χ1) is 2.93. The van der Waals surface area contributed by atoms with Gasteiger partial charge in [0, 0.05) is 0 Å². The third-order valence-corrected chi connectivity index (χ3v) is 0.744. The molecule has 0 saturated carbocycles. The van der Waals surface area contributed by atoms with Crippen LogP contribution < -0.4 is 0 Å². The maximum atomic E-state index is 4.86. The molecule has 1 heteroatoms. The lowest BCUT2D eigenvalue weighted by Gasteiger charge is -1.88. The molecular weight excluding hydrogens is 74.1 g/mol. The standard InChI is InChI=1S/C5H4N/c1-6-5-3-2-4-5/h1,5H,3H2/q+1. The molecule has 1 aliphatic carbocycles. The number of hydrogen-bond donors (Lipinski definition) is 0. The Bertz CT molecular complexity index is 142. The van der Waals surface area contributed by atoms with Crippen molar-refractivity contribution in [1.29, 1.82) is 0 Å². The molecule has 0 aromatic carbocycles. The zero-order valence-electron chi connectivity index (χ0n) is 3.31. The van der Waals surface area contributed by atoms with Crippen LogP contribution in [0.2, 0.25) is 0 Å². The van der Waals surface area contributed by atoms with E-state index in [0.717, 1.165) is 6.42 Å². The summed E-state index contributed by atoms with van der Waals surface area (Å²) in [5, 5.41) is 0. The fourth-order valence-electron chi connectivity index (χ4n) is 0.283. The fourth-order valence-corrected chi connectivity index (χ4v) is 0.283. The molecule has 0 aromatic rings. The molecule has 0 N–H and O–H groups in total. The normalized spacial score (nSPS) is 25.5. The Hall–Kier alpha value is -0.950. The van der Waals surface area contributed by atoms with Gasteiger partial charge in [0.05, 0.1) is 0 Å². The third-order valence-electron chi connectivity index (χ3n) is 0.744. The van der Waals surface area contributed by atoms with Crippen molar-refractivity contribution in [3.63, 3.8) is 0 Å². The summed E-state index contributed by atoms with van der Waals surface area (Å²) in [4.78, 5) is 3.42. The lowest BCUT2D eigenvalue weighted by atomic mass is 10.1. The summed E-state index contributed by atoms with van der Waals surface area (Å²) in [5.74, 6) is 5.54. The van der Waals surface area contributed by atoms with Crippen LogP contribution in [0, 0.1) is 18.4 Å². The van der Waals surface area contributed by atoms with Gasteiger partial charge in [-0.05, 0) is 5.92 Å². The number of hydrogen-bond acceptors (Lipinski definition) is 0. The Morgan fingerprint density at radius 3 is 2.50 bits per heavy atom. The van der Waals surface area contributed by atoms with E-state index in [1.54, 1.807) is 0 Å². The molecule has 0 saturated heterocycles. The molecule has 28 valence electrons. The zero-order chi connectivity index (χ0) is 4.41. The van der Waals surface area contributed by atoms with Crippen LogP contribution in [-0.2, 0) is 0 Å². The van der Waals surface area contributed by atoms with Crippen LogP contribution in [0.4, 0.5) is 0 Å². The molecule has 0 aliphatic heterocycles. The maximum absolute atomic E-state index is 4.86. The van der Waals surface area contributed by atoms with E-state index in [9.17, 15) is 0 Å². The Morgan fingerprint density at radius 1 is 1.83 bits per heavy atom. The summed E-state index contributed by atoms with van der Waals surface area (Å²) in [6.07, 6.45) is 0.858. The highest BCUT2D eigenvalue weighted by Gasteiger charge is 2.15. The van der Waals surface area contributed by atoms with Crippen molar-refractivity contribution in [2.75, 3.05) is 0 Å². The molecule has 1 unspecified atom stereocenters. The molecule has 1 rings (SSSR count). The fraction of sp³-hybridized carbons (Fsp3) is 0.400. The maximum Gasteiger partial charge on any atom is 0.342 e. The van der Waals surface area contributed by atoms with E-state index in [1.165, 1.54) is 0 Å². The minimum atomic E-state index is 0.157. The van der Waals surface area contributed by atoms with Crippen molar-refractivity contribution < 1.29 is 0 Å². The Kier molecular flexibility index (Phi) is 0.557. The topological polar surface area (TPSA) is 4.36 Å². The van der Waals surface area contributed by atoms with Crippen LogP contribution in [0.1, 0.15) is 6.42 Å². The Labute approximate surface area is 36.8 Å². The summed E-state index contributed by atoms with van der Waals surface area (Å²) in [6, 6.07) is 0.157. The van der Waals surface area contributed by atoms with Gasteiger partial charge >= 0.3 is 6.04 Å². The average Bonchev–Trinajstić information content (AvgIpc) is 1.31. The van der Waals surface area contributed by atoms with E-state index in [1.807, 2.05) is 0 Å². The molecule has 1 nitrogen and oxygen atoms in total. The molecule has 6 heavy (non-hydrogen) atoms. The van der Waals surface area contributed by atoms with Crippen LogP contribution in [0.5, 0.6) is 0 Å². The van der Waals surface area contributed by atoms with Crippen molar-refractivity contribution in [3.05, 3.63) is 4.85 Å². The van der Waals surface area contributed by atoms with Gasteiger partial charge in [0.2, 0.25) is 0 Å². The average molecular weight is 78.1 g/mol. The van der Waals surface area contributed by atoms with Gasteiger partial charge in [0.1, 0.15) is 6.42 Å². The van der Waals surface area contributed by atoms with Crippen molar-refractivity contribution in [1.82, 2.24) is 0 Å². The van der Waals surface area contributed by atoms with Crippen LogP contribution in [0.25, 0.3) is 4.85 Å². The van der Waals surface area contributed by atoms with Crippen molar-refractivity contribution in [2.24, 2.45) is 0 Å². The predicted octanol–water partition coefficient (Wildman–Crippen LogP) is 0.725. The summed E-state index contributed by atoms with van der Waals surface area (Å²) in [6.45, 7) is 4.86. The minimum absolute atomic E-state index is 0.157. The van der Waals surface area contributed by atoms with Crippen LogP contribution >= 0.6 is 0 Å². The number of rotatable bonds is 0. The van der Waals surface area contributed by atoms with Crippen molar-refractivity contribution >= 4 is 0 Å². The largest absolute Gasteiger partial charge is 0.342 e. The Morgan fingerprint density at radius 2 is 2.50 bits per heavy atom. The summed E-state index contributed by atoms with van der Waals surface area (Å²) < 4.78 is 0. The van der Waals surface area contributed by atoms with Gasteiger partial charge in [0.15, 0.2) is 0 Å². The van der Waals surface area contributed by atoms with Gasteiger partial charge in [-0.1, -0.05) is 10.8 Å².